The van der Waals surface area contributed by atoms with Gasteiger partial charge in [0, 0.05) is 0 Å². The number of alkyl halides is 2. The molecule has 90 valence electrons. The van der Waals surface area contributed by atoms with Crippen molar-refractivity contribution in [1.29, 1.82) is 0 Å². The van der Waals surface area contributed by atoms with Crippen LogP contribution in [0.4, 0.5) is 20.5 Å². The molecule has 3 N–H and O–H groups in total. The van der Waals surface area contributed by atoms with E-state index in [-0.39, 0.29) is 17.5 Å². The Kier molecular flexibility index (Phi) is 2.34. The molecular weight excluding hydrogens is 234 g/mol. The third kappa shape index (κ3) is 2.10. The van der Waals surface area contributed by atoms with Crippen LogP contribution in [0.2, 0.25) is 0 Å². The van der Waals surface area contributed by atoms with Crippen molar-refractivity contribution in [3.63, 3.8) is 0 Å². The predicted molar refractivity (Wildman–Crippen MR) is 56.4 cm³/mol. The number of ether oxygens (including phenoxy) is 2. The van der Waals surface area contributed by atoms with Gasteiger partial charge in [-0.05, 0) is 6.08 Å². The second-order valence-electron chi connectivity index (χ2n) is 3.07. The molecule has 0 spiro atoms. The smallest absolute Gasteiger partial charge is 0.394 e. The molecule has 8 heteroatoms. The number of hydrogen-bond acceptors (Lipinski definition) is 5. The normalized spacial score (nSPS) is 20.1. The zero-order valence-corrected chi connectivity index (χ0v) is 8.54. The summed E-state index contributed by atoms with van der Waals surface area (Å²) in [6.07, 6.45) is -2.37. The van der Waals surface area contributed by atoms with Crippen LogP contribution in [0.1, 0.15) is 5.69 Å². The van der Waals surface area contributed by atoms with Crippen molar-refractivity contribution in [3.05, 3.63) is 24.6 Å². The molecule has 0 aromatic carbocycles. The predicted octanol–water partition coefficient (Wildman–Crippen LogP) is 1.78. The van der Waals surface area contributed by atoms with Crippen LogP contribution in [-0.2, 0) is 9.47 Å². The summed E-state index contributed by atoms with van der Waals surface area (Å²) in [4.78, 5) is 10.1. The molecule has 1 fully saturated rings. The Hall–Kier alpha value is -2.38. The summed E-state index contributed by atoms with van der Waals surface area (Å²) in [7, 11) is 0. The highest BCUT2D eigenvalue weighted by Gasteiger charge is 2.46. The SMILES string of the molecule is C=Cc1[nH]c(N)nc1N=C1OC(F)(F)OC1=C. The van der Waals surface area contributed by atoms with Gasteiger partial charge < -0.3 is 20.2 Å². The molecule has 17 heavy (non-hydrogen) atoms. The maximum absolute atomic E-state index is 12.7. The molecule has 1 aromatic rings. The molecule has 0 aliphatic carbocycles. The Morgan fingerprint density at radius 3 is 2.71 bits per heavy atom. The molecule has 0 atom stereocenters. The first-order valence-electron chi connectivity index (χ1n) is 4.43. The summed E-state index contributed by atoms with van der Waals surface area (Å²) in [6, 6.07) is 0. The molecule has 2 heterocycles. The maximum Gasteiger partial charge on any atom is 0.587 e. The first-order chi connectivity index (χ1) is 7.91. The summed E-state index contributed by atoms with van der Waals surface area (Å²) >= 11 is 0. The zero-order valence-electron chi connectivity index (χ0n) is 8.54. The molecule has 1 saturated heterocycles. The average Bonchev–Trinajstić information content (AvgIpc) is 2.67. The molecule has 0 bridgehead atoms. The van der Waals surface area contributed by atoms with E-state index in [1.54, 1.807) is 0 Å². The lowest BCUT2D eigenvalue weighted by molar-refractivity contribution is -0.317. The Balaban J connectivity index is 2.36. The Bertz CT molecular complexity index is 521. The van der Waals surface area contributed by atoms with Crippen LogP contribution in [0.15, 0.2) is 23.9 Å². The molecule has 1 aromatic heterocycles. The first kappa shape index (κ1) is 11.1. The number of aliphatic imine (C=N–C) groups is 1. The van der Waals surface area contributed by atoms with E-state index in [2.05, 4.69) is 37.6 Å². The minimum Gasteiger partial charge on any atom is -0.394 e. The third-order valence-corrected chi connectivity index (χ3v) is 1.84. The van der Waals surface area contributed by atoms with Gasteiger partial charge >= 0.3 is 6.29 Å². The molecule has 0 amide bonds. The van der Waals surface area contributed by atoms with Crippen molar-refractivity contribution in [2.24, 2.45) is 4.99 Å². The Morgan fingerprint density at radius 2 is 2.18 bits per heavy atom. The lowest BCUT2D eigenvalue weighted by atomic mass is 10.4. The second kappa shape index (κ2) is 3.58. The number of nitrogens with two attached hydrogens (primary N) is 1. The molecule has 1 aliphatic heterocycles. The van der Waals surface area contributed by atoms with E-state index in [4.69, 9.17) is 5.73 Å². The lowest BCUT2D eigenvalue weighted by Gasteiger charge is -2.02. The van der Waals surface area contributed by atoms with Gasteiger partial charge in [-0.3, -0.25) is 0 Å². The summed E-state index contributed by atoms with van der Waals surface area (Å²) in [5.74, 6) is -0.693. The van der Waals surface area contributed by atoms with Crippen molar-refractivity contribution < 1.29 is 18.3 Å². The number of aromatic amines is 1. The van der Waals surface area contributed by atoms with Crippen molar-refractivity contribution in [2.45, 2.75) is 6.29 Å². The number of halogens is 2. The van der Waals surface area contributed by atoms with E-state index < -0.39 is 12.2 Å². The summed E-state index contributed by atoms with van der Waals surface area (Å²) in [5.41, 5.74) is 5.77. The molecule has 6 nitrogen and oxygen atoms in total. The van der Waals surface area contributed by atoms with Crippen LogP contribution in [0.25, 0.3) is 6.08 Å². The van der Waals surface area contributed by atoms with Gasteiger partial charge in [-0.15, -0.1) is 8.78 Å². The minimum atomic E-state index is -3.76. The number of aromatic nitrogens is 2. The van der Waals surface area contributed by atoms with E-state index in [1.165, 1.54) is 6.08 Å². The van der Waals surface area contributed by atoms with Crippen molar-refractivity contribution >= 4 is 23.7 Å². The summed E-state index contributed by atoms with van der Waals surface area (Å²) < 4.78 is 33.5. The van der Waals surface area contributed by atoms with Gasteiger partial charge in [-0.1, -0.05) is 13.2 Å². The standard InChI is InChI=1S/C9H8F2N4O2/c1-3-5-6(15-8(12)13-5)14-7-4(2)16-9(10,11)17-7/h3H,1-2H2,(H3,12,13,15). The highest BCUT2D eigenvalue weighted by atomic mass is 19.3. The van der Waals surface area contributed by atoms with E-state index in [0.717, 1.165) is 0 Å². The van der Waals surface area contributed by atoms with Gasteiger partial charge in [0.2, 0.25) is 0 Å². The van der Waals surface area contributed by atoms with Crippen LogP contribution in [0.3, 0.4) is 0 Å². The Labute approximate surface area is 94.5 Å². The summed E-state index contributed by atoms with van der Waals surface area (Å²) in [6.45, 7) is 6.73. The quantitative estimate of drug-likeness (QED) is 0.827. The average molecular weight is 242 g/mol. The van der Waals surface area contributed by atoms with Crippen LogP contribution in [0, 0.1) is 0 Å². The van der Waals surface area contributed by atoms with Gasteiger partial charge in [-0.2, -0.15) is 9.98 Å². The number of nitrogen functional groups attached to an aromatic ring is 1. The highest BCUT2D eigenvalue weighted by Crippen LogP contribution is 2.31. The topological polar surface area (TPSA) is 85.5 Å². The van der Waals surface area contributed by atoms with E-state index >= 15 is 0 Å². The lowest BCUT2D eigenvalue weighted by Crippen LogP contribution is -2.15. The maximum atomic E-state index is 12.7. The number of nitrogens with one attached hydrogen (secondary N) is 1. The second-order valence-corrected chi connectivity index (χ2v) is 3.07. The fourth-order valence-electron chi connectivity index (χ4n) is 1.18. The minimum absolute atomic E-state index is 0.0648. The largest absolute Gasteiger partial charge is 0.587 e. The van der Waals surface area contributed by atoms with Gasteiger partial charge in [0.15, 0.2) is 17.5 Å². The number of imidazole rings is 1. The summed E-state index contributed by atoms with van der Waals surface area (Å²) in [5, 5.41) is 0. The van der Waals surface area contributed by atoms with Gasteiger partial charge in [0.1, 0.15) is 0 Å². The van der Waals surface area contributed by atoms with Crippen LogP contribution in [0.5, 0.6) is 0 Å². The first-order valence-corrected chi connectivity index (χ1v) is 4.43. The van der Waals surface area contributed by atoms with Crippen molar-refractivity contribution in [1.82, 2.24) is 9.97 Å². The molecular formula is C9H8F2N4O2. The molecule has 0 radical (unpaired) electrons. The van der Waals surface area contributed by atoms with Crippen LogP contribution < -0.4 is 5.73 Å². The van der Waals surface area contributed by atoms with Crippen molar-refractivity contribution in [3.8, 4) is 0 Å². The Morgan fingerprint density at radius 1 is 1.47 bits per heavy atom. The highest BCUT2D eigenvalue weighted by molar-refractivity contribution is 5.94. The number of nitrogens with zero attached hydrogens (tertiary/aromatic N) is 2. The van der Waals surface area contributed by atoms with Crippen LogP contribution >= 0.6 is 0 Å². The number of rotatable bonds is 2. The van der Waals surface area contributed by atoms with Gasteiger partial charge in [0.05, 0.1) is 5.69 Å². The molecule has 2 rings (SSSR count). The fourth-order valence-corrected chi connectivity index (χ4v) is 1.18. The van der Waals surface area contributed by atoms with E-state index in [1.807, 2.05) is 0 Å². The van der Waals surface area contributed by atoms with E-state index in [9.17, 15) is 8.78 Å². The monoisotopic (exact) mass is 242 g/mol. The molecule has 0 unspecified atom stereocenters. The van der Waals surface area contributed by atoms with Gasteiger partial charge in [0.25, 0.3) is 5.90 Å². The zero-order chi connectivity index (χ0) is 12.6. The number of H-pyrrole nitrogens is 1. The molecule has 1 aliphatic rings. The van der Waals surface area contributed by atoms with Crippen molar-refractivity contribution in [2.75, 3.05) is 5.73 Å². The number of anilines is 1. The van der Waals surface area contributed by atoms with E-state index in [0.29, 0.717) is 5.69 Å². The van der Waals surface area contributed by atoms with Gasteiger partial charge in [-0.25, -0.2) is 0 Å². The number of hydrogen-bond donors (Lipinski definition) is 2. The third-order valence-electron chi connectivity index (χ3n) is 1.84. The fraction of sp³-hybridized carbons (Fsp3) is 0.111. The van der Waals surface area contributed by atoms with Crippen LogP contribution in [-0.4, -0.2) is 22.2 Å². The molecule has 0 saturated carbocycles.